The van der Waals surface area contributed by atoms with E-state index >= 15 is 0 Å². The van der Waals surface area contributed by atoms with Crippen LogP contribution in [0.1, 0.15) is 5.69 Å². The van der Waals surface area contributed by atoms with Crippen molar-refractivity contribution < 1.29 is 4.42 Å². The highest BCUT2D eigenvalue weighted by Gasteiger charge is 2.13. The average molecular weight is 391 g/mol. The van der Waals surface area contributed by atoms with Crippen LogP contribution in [0.4, 0.5) is 0 Å². The molecular formula is C19H13N5OS2. The van der Waals surface area contributed by atoms with Crippen LogP contribution >= 0.6 is 23.1 Å². The fourth-order valence-electron chi connectivity index (χ4n) is 2.73. The van der Waals surface area contributed by atoms with Gasteiger partial charge in [-0.25, -0.2) is 19.6 Å². The maximum absolute atomic E-state index is 5.13. The Morgan fingerprint density at radius 2 is 2.04 bits per heavy atom. The van der Waals surface area contributed by atoms with Crippen LogP contribution < -0.4 is 0 Å². The van der Waals surface area contributed by atoms with Crippen LogP contribution in [0.2, 0.25) is 0 Å². The molecule has 0 amide bonds. The smallest absolute Gasteiger partial charge is 0.167 e. The summed E-state index contributed by atoms with van der Waals surface area (Å²) < 4.78 is 6.96. The lowest BCUT2D eigenvalue weighted by Crippen LogP contribution is -1.97. The minimum atomic E-state index is 0.733. The van der Waals surface area contributed by atoms with Crippen molar-refractivity contribution in [1.82, 2.24) is 24.7 Å². The second kappa shape index (κ2) is 6.98. The zero-order chi connectivity index (χ0) is 18.1. The summed E-state index contributed by atoms with van der Waals surface area (Å²) in [6, 6.07) is 11.9. The minimum absolute atomic E-state index is 0.733. The first-order valence-corrected chi connectivity index (χ1v) is 10.1. The van der Waals surface area contributed by atoms with Crippen LogP contribution in [-0.4, -0.2) is 24.7 Å². The second-order valence-corrected chi connectivity index (χ2v) is 7.57. The number of thiazole rings is 1. The SMILES string of the molecule is c1ccc(-n2ncc3c(SCc4csc(-c5ccoc5)n4)ncnc32)cc1. The van der Waals surface area contributed by atoms with Gasteiger partial charge in [-0.1, -0.05) is 30.0 Å². The monoisotopic (exact) mass is 391 g/mol. The first-order chi connectivity index (χ1) is 13.4. The largest absolute Gasteiger partial charge is 0.472 e. The van der Waals surface area contributed by atoms with Crippen LogP contribution in [0.3, 0.4) is 0 Å². The van der Waals surface area contributed by atoms with E-state index in [4.69, 9.17) is 4.42 Å². The molecule has 4 aromatic heterocycles. The van der Waals surface area contributed by atoms with Crippen LogP contribution in [0.15, 0.2) is 76.3 Å². The average Bonchev–Trinajstić information content (AvgIpc) is 3.47. The topological polar surface area (TPSA) is 69.6 Å². The molecule has 0 saturated carbocycles. The normalized spacial score (nSPS) is 11.3. The fraction of sp³-hybridized carbons (Fsp3) is 0.0526. The van der Waals surface area contributed by atoms with Gasteiger partial charge in [-0.05, 0) is 18.2 Å². The zero-order valence-electron chi connectivity index (χ0n) is 14.0. The lowest BCUT2D eigenvalue weighted by molar-refractivity contribution is 0.568. The summed E-state index contributed by atoms with van der Waals surface area (Å²) in [7, 11) is 0. The Morgan fingerprint density at radius 1 is 1.11 bits per heavy atom. The van der Waals surface area contributed by atoms with Crippen molar-refractivity contribution >= 4 is 34.1 Å². The Balaban J connectivity index is 1.40. The number of thioether (sulfide) groups is 1. The molecule has 0 aliphatic heterocycles. The maximum Gasteiger partial charge on any atom is 0.167 e. The lowest BCUT2D eigenvalue weighted by Gasteiger charge is -2.03. The highest BCUT2D eigenvalue weighted by Crippen LogP contribution is 2.30. The molecule has 5 aromatic rings. The Kier molecular flexibility index (Phi) is 4.19. The molecule has 0 spiro atoms. The third kappa shape index (κ3) is 3.13. The molecule has 0 N–H and O–H groups in total. The molecule has 132 valence electrons. The number of furan rings is 1. The maximum atomic E-state index is 5.13. The molecule has 0 radical (unpaired) electrons. The standard InChI is InChI=1S/C19H13N5OS2/c1-2-4-15(5-3-1)24-17-16(8-22-24)19(21-12-20-17)27-11-14-10-26-18(23-14)13-6-7-25-9-13/h1-10,12H,11H2. The summed E-state index contributed by atoms with van der Waals surface area (Å²) in [5.74, 6) is 0.733. The molecule has 0 aliphatic rings. The molecule has 0 aliphatic carbocycles. The third-order valence-electron chi connectivity index (χ3n) is 4.01. The molecule has 0 fully saturated rings. The number of aromatic nitrogens is 5. The fourth-order valence-corrected chi connectivity index (χ4v) is 4.50. The third-order valence-corrected chi connectivity index (χ3v) is 5.99. The number of hydrogen-bond donors (Lipinski definition) is 0. The van der Waals surface area contributed by atoms with Crippen molar-refractivity contribution in [2.75, 3.05) is 0 Å². The predicted octanol–water partition coefficient (Wildman–Crippen LogP) is 4.82. The summed E-state index contributed by atoms with van der Waals surface area (Å²) in [4.78, 5) is 13.5. The van der Waals surface area contributed by atoms with Gasteiger partial charge in [-0.3, -0.25) is 0 Å². The number of para-hydroxylation sites is 1. The van der Waals surface area contributed by atoms with Gasteiger partial charge in [0.1, 0.15) is 22.6 Å². The van der Waals surface area contributed by atoms with Gasteiger partial charge in [0.2, 0.25) is 0 Å². The van der Waals surface area contributed by atoms with Crippen molar-refractivity contribution in [1.29, 1.82) is 0 Å². The first-order valence-electron chi connectivity index (χ1n) is 8.22. The molecule has 0 unspecified atom stereocenters. The van der Waals surface area contributed by atoms with Crippen molar-refractivity contribution in [2.45, 2.75) is 10.8 Å². The highest BCUT2D eigenvalue weighted by atomic mass is 32.2. The van der Waals surface area contributed by atoms with Gasteiger partial charge in [-0.15, -0.1) is 11.3 Å². The van der Waals surface area contributed by atoms with Gasteiger partial charge in [-0.2, -0.15) is 5.10 Å². The van der Waals surface area contributed by atoms with Gasteiger partial charge in [0, 0.05) is 16.7 Å². The molecule has 4 heterocycles. The second-order valence-electron chi connectivity index (χ2n) is 5.75. The number of rotatable bonds is 5. The van der Waals surface area contributed by atoms with Crippen LogP contribution in [-0.2, 0) is 5.75 Å². The van der Waals surface area contributed by atoms with Crippen molar-refractivity contribution in [3.63, 3.8) is 0 Å². The summed E-state index contributed by atoms with van der Waals surface area (Å²) in [6.45, 7) is 0. The Morgan fingerprint density at radius 3 is 2.89 bits per heavy atom. The Labute approximate surface area is 162 Å². The van der Waals surface area contributed by atoms with E-state index in [2.05, 4.69) is 25.4 Å². The van der Waals surface area contributed by atoms with Crippen LogP contribution in [0.5, 0.6) is 0 Å². The first kappa shape index (κ1) is 16.2. The number of hydrogen-bond acceptors (Lipinski definition) is 7. The van der Waals surface area contributed by atoms with Gasteiger partial charge >= 0.3 is 0 Å². The Bertz CT molecular complexity index is 1180. The quantitative estimate of drug-likeness (QED) is 0.316. The number of nitrogens with zero attached hydrogens (tertiary/aromatic N) is 5. The van der Waals surface area contributed by atoms with Crippen LogP contribution in [0.25, 0.3) is 27.3 Å². The van der Waals surface area contributed by atoms with E-state index in [0.29, 0.717) is 0 Å². The molecule has 0 saturated heterocycles. The van der Waals surface area contributed by atoms with E-state index in [9.17, 15) is 0 Å². The summed E-state index contributed by atoms with van der Waals surface area (Å²) in [6.07, 6.45) is 6.78. The van der Waals surface area contributed by atoms with Crippen molar-refractivity contribution in [2.24, 2.45) is 0 Å². The summed E-state index contributed by atoms with van der Waals surface area (Å²) in [5, 5.41) is 9.37. The van der Waals surface area contributed by atoms with E-state index in [1.807, 2.05) is 47.3 Å². The van der Waals surface area contributed by atoms with Gasteiger partial charge in [0.05, 0.1) is 29.2 Å². The predicted molar refractivity (Wildman–Crippen MR) is 106 cm³/mol. The minimum Gasteiger partial charge on any atom is -0.472 e. The van der Waals surface area contributed by atoms with E-state index in [1.165, 1.54) is 0 Å². The van der Waals surface area contributed by atoms with Crippen molar-refractivity contribution in [3.05, 3.63) is 72.5 Å². The summed E-state index contributed by atoms with van der Waals surface area (Å²) >= 11 is 3.25. The molecular weight excluding hydrogens is 378 g/mol. The molecule has 0 bridgehead atoms. The van der Waals surface area contributed by atoms with Gasteiger partial charge in [0.25, 0.3) is 0 Å². The Hall–Kier alpha value is -2.97. The highest BCUT2D eigenvalue weighted by molar-refractivity contribution is 7.98. The van der Waals surface area contributed by atoms with Gasteiger partial charge in [0.15, 0.2) is 5.65 Å². The molecule has 6 nitrogen and oxygen atoms in total. The van der Waals surface area contributed by atoms with Crippen molar-refractivity contribution in [3.8, 4) is 16.3 Å². The number of fused-ring (bicyclic) bond motifs is 1. The molecule has 27 heavy (non-hydrogen) atoms. The molecule has 5 rings (SSSR count). The van der Waals surface area contributed by atoms with E-state index < -0.39 is 0 Å². The number of benzene rings is 1. The van der Waals surface area contributed by atoms with E-state index in [0.717, 1.165) is 43.8 Å². The molecule has 8 heteroatoms. The van der Waals surface area contributed by atoms with E-state index in [1.54, 1.807) is 42.0 Å². The summed E-state index contributed by atoms with van der Waals surface area (Å²) in [5.41, 5.74) is 3.80. The van der Waals surface area contributed by atoms with E-state index in [-0.39, 0.29) is 0 Å². The molecule has 1 aromatic carbocycles. The van der Waals surface area contributed by atoms with Crippen LogP contribution in [0, 0.1) is 0 Å². The van der Waals surface area contributed by atoms with Gasteiger partial charge < -0.3 is 4.42 Å². The molecule has 0 atom stereocenters. The zero-order valence-corrected chi connectivity index (χ0v) is 15.7. The lowest BCUT2D eigenvalue weighted by atomic mass is 10.3.